The fraction of sp³-hybridized carbons (Fsp3) is 0.0500. The second-order valence-corrected chi connectivity index (χ2v) is 7.67. The van der Waals surface area contributed by atoms with E-state index in [-0.39, 0.29) is 18.0 Å². The van der Waals surface area contributed by atoms with Crippen molar-refractivity contribution in [1.82, 2.24) is 9.97 Å². The molecular formula is C20H14FN3OS2. The van der Waals surface area contributed by atoms with Crippen LogP contribution >= 0.6 is 22.7 Å². The summed E-state index contributed by atoms with van der Waals surface area (Å²) in [6, 6.07) is 14.2. The molecule has 4 aromatic rings. The molecule has 0 N–H and O–H groups in total. The van der Waals surface area contributed by atoms with Crippen molar-refractivity contribution < 1.29 is 9.18 Å². The van der Waals surface area contributed by atoms with Gasteiger partial charge in [0, 0.05) is 17.2 Å². The quantitative estimate of drug-likeness (QED) is 0.440. The molecule has 7 heteroatoms. The molecule has 134 valence electrons. The van der Waals surface area contributed by atoms with Crippen LogP contribution in [0.3, 0.4) is 0 Å². The van der Waals surface area contributed by atoms with Crippen molar-refractivity contribution >= 4 is 50.0 Å². The Balaban J connectivity index is 1.70. The predicted octanol–water partition coefficient (Wildman–Crippen LogP) is 5.14. The third kappa shape index (κ3) is 3.94. The van der Waals surface area contributed by atoms with Gasteiger partial charge in [-0.3, -0.25) is 14.7 Å². The monoisotopic (exact) mass is 395 g/mol. The van der Waals surface area contributed by atoms with Crippen LogP contribution in [0, 0.1) is 5.82 Å². The van der Waals surface area contributed by atoms with Gasteiger partial charge in [0.05, 0.1) is 16.9 Å². The molecule has 1 aromatic carbocycles. The number of rotatable bonds is 5. The predicted molar refractivity (Wildman–Crippen MR) is 108 cm³/mol. The Morgan fingerprint density at radius 1 is 1.15 bits per heavy atom. The lowest BCUT2D eigenvalue weighted by Gasteiger charge is -2.17. The highest BCUT2D eigenvalue weighted by Gasteiger charge is 2.20. The van der Waals surface area contributed by atoms with Crippen molar-refractivity contribution in [2.75, 3.05) is 4.90 Å². The maximum absolute atomic E-state index is 14.0. The molecule has 3 heterocycles. The number of halogens is 1. The van der Waals surface area contributed by atoms with Crippen molar-refractivity contribution in [3.63, 3.8) is 0 Å². The lowest BCUT2D eigenvalue weighted by atomic mass is 10.3. The van der Waals surface area contributed by atoms with E-state index in [1.54, 1.807) is 35.7 Å². The van der Waals surface area contributed by atoms with Crippen LogP contribution in [0.4, 0.5) is 9.52 Å². The zero-order chi connectivity index (χ0) is 18.6. The van der Waals surface area contributed by atoms with Gasteiger partial charge < -0.3 is 0 Å². The van der Waals surface area contributed by atoms with Gasteiger partial charge in [0.2, 0.25) is 0 Å². The lowest BCUT2D eigenvalue weighted by Crippen LogP contribution is -2.29. The molecule has 4 nitrogen and oxygen atoms in total. The summed E-state index contributed by atoms with van der Waals surface area (Å²) >= 11 is 2.84. The van der Waals surface area contributed by atoms with E-state index in [2.05, 4.69) is 9.97 Å². The highest BCUT2D eigenvalue weighted by molar-refractivity contribution is 7.22. The van der Waals surface area contributed by atoms with Gasteiger partial charge in [0.15, 0.2) is 5.13 Å². The first-order chi connectivity index (χ1) is 13.2. The molecule has 0 atom stereocenters. The molecule has 0 fully saturated rings. The number of anilines is 1. The molecule has 0 saturated heterocycles. The maximum Gasteiger partial charge on any atom is 0.253 e. The first kappa shape index (κ1) is 17.5. The largest absolute Gasteiger partial charge is 0.278 e. The summed E-state index contributed by atoms with van der Waals surface area (Å²) in [5.74, 6) is -0.622. The van der Waals surface area contributed by atoms with Crippen molar-refractivity contribution in [3.8, 4) is 0 Å². The molecule has 4 rings (SSSR count). The van der Waals surface area contributed by atoms with E-state index < -0.39 is 5.82 Å². The number of aromatic nitrogens is 2. The van der Waals surface area contributed by atoms with Gasteiger partial charge in [-0.2, -0.15) is 0 Å². The molecule has 3 aromatic heterocycles. The Morgan fingerprint density at radius 3 is 2.81 bits per heavy atom. The molecule has 0 bridgehead atoms. The number of hydrogen-bond donors (Lipinski definition) is 0. The minimum atomic E-state index is -0.394. The number of thiophene rings is 1. The third-order valence-corrected chi connectivity index (χ3v) is 5.72. The number of benzene rings is 1. The molecule has 0 aliphatic rings. The highest BCUT2D eigenvalue weighted by Crippen LogP contribution is 2.31. The number of amides is 1. The molecular weight excluding hydrogens is 381 g/mol. The number of pyridine rings is 1. The number of carbonyl (C=O) groups is 1. The summed E-state index contributed by atoms with van der Waals surface area (Å²) in [7, 11) is 0. The summed E-state index contributed by atoms with van der Waals surface area (Å²) in [6.45, 7) is 0.260. The average molecular weight is 395 g/mol. The fourth-order valence-electron chi connectivity index (χ4n) is 2.54. The average Bonchev–Trinajstić information content (AvgIpc) is 3.35. The van der Waals surface area contributed by atoms with Crippen LogP contribution < -0.4 is 4.90 Å². The Morgan fingerprint density at radius 2 is 2.07 bits per heavy atom. The minimum Gasteiger partial charge on any atom is -0.278 e. The van der Waals surface area contributed by atoms with Crippen LogP contribution in [0.25, 0.3) is 16.3 Å². The molecule has 0 aliphatic carbocycles. The standard InChI is InChI=1S/C20H14FN3OS2/c21-16-7-3-8-17-19(16)23-20(27-17)24(13-14-5-1-2-11-22-14)18(25)10-9-15-6-4-12-26-15/h1-12H,13H2. The Hall–Kier alpha value is -2.90. The number of para-hydroxylation sites is 1. The summed E-state index contributed by atoms with van der Waals surface area (Å²) < 4.78 is 14.7. The Labute approximate surface area is 163 Å². The smallest absolute Gasteiger partial charge is 0.253 e. The fourth-order valence-corrected chi connectivity index (χ4v) is 4.14. The van der Waals surface area contributed by atoms with E-state index in [4.69, 9.17) is 0 Å². The molecule has 0 saturated carbocycles. The zero-order valence-electron chi connectivity index (χ0n) is 14.1. The minimum absolute atomic E-state index is 0.228. The van der Waals surface area contributed by atoms with E-state index in [1.807, 2.05) is 35.7 Å². The lowest BCUT2D eigenvalue weighted by molar-refractivity contribution is -0.114. The van der Waals surface area contributed by atoms with Gasteiger partial charge in [-0.05, 0) is 41.8 Å². The topological polar surface area (TPSA) is 46.1 Å². The number of fused-ring (bicyclic) bond motifs is 1. The first-order valence-electron chi connectivity index (χ1n) is 8.19. The molecule has 0 radical (unpaired) electrons. The zero-order valence-corrected chi connectivity index (χ0v) is 15.7. The molecule has 27 heavy (non-hydrogen) atoms. The van der Waals surface area contributed by atoms with Gasteiger partial charge in [-0.25, -0.2) is 9.37 Å². The SMILES string of the molecule is O=C(C=Cc1cccs1)N(Cc1ccccn1)c1nc2c(F)cccc2s1. The maximum atomic E-state index is 14.0. The van der Waals surface area contributed by atoms with E-state index in [1.165, 1.54) is 28.4 Å². The van der Waals surface area contributed by atoms with Crippen LogP contribution in [0.15, 0.2) is 66.2 Å². The molecule has 0 unspecified atom stereocenters. The van der Waals surface area contributed by atoms with Gasteiger partial charge in [0.25, 0.3) is 5.91 Å². The molecule has 0 aliphatic heterocycles. The van der Waals surface area contributed by atoms with E-state index in [0.29, 0.717) is 9.83 Å². The van der Waals surface area contributed by atoms with Crippen molar-refractivity contribution in [3.05, 3.63) is 82.6 Å². The van der Waals surface area contributed by atoms with Crippen molar-refractivity contribution in [2.24, 2.45) is 0 Å². The van der Waals surface area contributed by atoms with E-state index in [9.17, 15) is 9.18 Å². The van der Waals surface area contributed by atoms with Crippen LogP contribution in [0.1, 0.15) is 10.6 Å². The Bertz CT molecular complexity index is 1090. The summed E-state index contributed by atoms with van der Waals surface area (Å²) in [5, 5.41) is 2.40. The van der Waals surface area contributed by atoms with Gasteiger partial charge >= 0.3 is 0 Å². The van der Waals surface area contributed by atoms with Crippen LogP contribution in [0.5, 0.6) is 0 Å². The highest BCUT2D eigenvalue weighted by atomic mass is 32.1. The number of hydrogen-bond acceptors (Lipinski definition) is 5. The van der Waals surface area contributed by atoms with E-state index in [0.717, 1.165) is 10.6 Å². The van der Waals surface area contributed by atoms with Gasteiger partial charge in [-0.1, -0.05) is 29.5 Å². The van der Waals surface area contributed by atoms with Crippen LogP contribution in [-0.4, -0.2) is 15.9 Å². The molecule has 1 amide bonds. The van der Waals surface area contributed by atoms with E-state index >= 15 is 0 Å². The second kappa shape index (κ2) is 7.77. The summed E-state index contributed by atoms with van der Waals surface area (Å²) in [6.07, 6.45) is 4.96. The van der Waals surface area contributed by atoms with Crippen LogP contribution in [-0.2, 0) is 11.3 Å². The van der Waals surface area contributed by atoms with Crippen LogP contribution in [0.2, 0.25) is 0 Å². The van der Waals surface area contributed by atoms with Gasteiger partial charge in [0.1, 0.15) is 11.3 Å². The summed E-state index contributed by atoms with van der Waals surface area (Å²) in [5.41, 5.74) is 1.01. The number of thiazole rings is 1. The van der Waals surface area contributed by atoms with Crippen molar-refractivity contribution in [2.45, 2.75) is 6.54 Å². The molecule has 0 spiro atoms. The first-order valence-corrected chi connectivity index (χ1v) is 9.88. The second-order valence-electron chi connectivity index (χ2n) is 5.68. The third-order valence-electron chi connectivity index (χ3n) is 3.84. The number of carbonyl (C=O) groups excluding carboxylic acids is 1. The van der Waals surface area contributed by atoms with Crippen molar-refractivity contribution in [1.29, 1.82) is 0 Å². The van der Waals surface area contributed by atoms with Gasteiger partial charge in [-0.15, -0.1) is 11.3 Å². The normalized spacial score (nSPS) is 11.3. The summed E-state index contributed by atoms with van der Waals surface area (Å²) in [4.78, 5) is 24.1. The Kier molecular flexibility index (Phi) is 5.04. The number of nitrogens with zero attached hydrogens (tertiary/aromatic N) is 3.